The Morgan fingerprint density at radius 1 is 1.09 bits per heavy atom. The summed E-state index contributed by atoms with van der Waals surface area (Å²) in [6.07, 6.45) is 7.13. The Kier molecular flexibility index (Phi) is 4.00. The van der Waals surface area contributed by atoms with Gasteiger partial charge >= 0.3 is 0 Å². The van der Waals surface area contributed by atoms with Gasteiger partial charge in [-0.2, -0.15) is 0 Å². The minimum absolute atomic E-state index is 0.917. The first-order chi connectivity index (χ1) is 10.8. The van der Waals surface area contributed by atoms with Gasteiger partial charge in [-0.25, -0.2) is 9.97 Å². The third kappa shape index (κ3) is 2.51. The normalized spacial score (nSPS) is 19.6. The molecule has 0 spiro atoms. The van der Waals surface area contributed by atoms with Crippen LogP contribution in [0.15, 0.2) is 5.16 Å². The average molecular weight is 335 g/mol. The molecule has 1 fully saturated rings. The Labute approximate surface area is 139 Å². The largest absolute Gasteiger partial charge is 0.356 e. The van der Waals surface area contributed by atoms with Crippen LogP contribution in [0.25, 0.3) is 10.2 Å². The number of likely N-dealkylation sites (N-methyl/N-ethyl adjacent to an activating group) is 1. The van der Waals surface area contributed by atoms with Crippen molar-refractivity contribution in [2.45, 2.75) is 37.4 Å². The van der Waals surface area contributed by atoms with Crippen molar-refractivity contribution >= 4 is 39.1 Å². The van der Waals surface area contributed by atoms with Crippen molar-refractivity contribution in [3.8, 4) is 0 Å². The number of hydrogen-bond acceptors (Lipinski definition) is 6. The second kappa shape index (κ2) is 5.98. The Balaban J connectivity index is 1.88. The molecule has 1 saturated heterocycles. The summed E-state index contributed by atoms with van der Waals surface area (Å²) in [4.78, 5) is 17.3. The van der Waals surface area contributed by atoms with Gasteiger partial charge in [-0.3, -0.25) is 0 Å². The third-order valence-electron chi connectivity index (χ3n) is 4.69. The van der Waals surface area contributed by atoms with E-state index in [9.17, 15) is 0 Å². The summed E-state index contributed by atoms with van der Waals surface area (Å²) in [6, 6.07) is 0. The van der Waals surface area contributed by atoms with Crippen LogP contribution >= 0.6 is 23.1 Å². The van der Waals surface area contributed by atoms with Crippen molar-refractivity contribution in [2.75, 3.05) is 37.8 Å². The maximum Gasteiger partial charge on any atom is 0.190 e. The lowest BCUT2D eigenvalue weighted by atomic mass is 10.0. The highest BCUT2D eigenvalue weighted by atomic mass is 32.2. The lowest BCUT2D eigenvalue weighted by Gasteiger charge is -2.29. The van der Waals surface area contributed by atoms with Crippen LogP contribution < -0.4 is 4.90 Å². The zero-order valence-electron chi connectivity index (χ0n) is 13.3. The highest BCUT2D eigenvalue weighted by Gasteiger charge is 2.25. The molecule has 2 aliphatic rings. The molecule has 22 heavy (non-hydrogen) atoms. The summed E-state index contributed by atoms with van der Waals surface area (Å²) in [5, 5.41) is 2.27. The Bertz CT molecular complexity index is 691. The molecule has 0 bridgehead atoms. The van der Waals surface area contributed by atoms with Crippen molar-refractivity contribution in [1.29, 1.82) is 0 Å². The van der Waals surface area contributed by atoms with E-state index >= 15 is 0 Å². The van der Waals surface area contributed by atoms with Crippen molar-refractivity contribution < 1.29 is 0 Å². The second-order valence-electron chi connectivity index (χ2n) is 6.25. The molecule has 4 rings (SSSR count). The smallest absolute Gasteiger partial charge is 0.190 e. The molecule has 2 aromatic heterocycles. The molecule has 0 atom stereocenters. The van der Waals surface area contributed by atoms with E-state index in [1.54, 1.807) is 11.8 Å². The first-order valence-corrected chi connectivity index (χ1v) is 10.1. The summed E-state index contributed by atoms with van der Waals surface area (Å²) < 4.78 is 0. The first kappa shape index (κ1) is 14.7. The van der Waals surface area contributed by atoms with E-state index in [0.29, 0.717) is 0 Å². The summed E-state index contributed by atoms with van der Waals surface area (Å²) >= 11 is 3.53. The first-order valence-electron chi connectivity index (χ1n) is 8.06. The zero-order valence-corrected chi connectivity index (χ0v) is 14.9. The molecule has 0 N–H and O–H groups in total. The second-order valence-corrected chi connectivity index (χ2v) is 8.11. The number of nitrogens with zero attached hydrogens (tertiary/aromatic N) is 4. The molecule has 0 amide bonds. The average Bonchev–Trinajstić information content (AvgIpc) is 2.91. The van der Waals surface area contributed by atoms with Crippen LogP contribution in [0.3, 0.4) is 0 Å². The fraction of sp³-hybridized carbons (Fsp3) is 0.625. The molecular formula is C16H22N4S2. The van der Waals surface area contributed by atoms with Crippen LogP contribution in [-0.4, -0.2) is 47.8 Å². The lowest BCUT2D eigenvalue weighted by Crippen LogP contribution is -2.31. The number of thiophene rings is 1. The molecular weight excluding hydrogens is 312 g/mol. The molecule has 0 aromatic carbocycles. The van der Waals surface area contributed by atoms with Gasteiger partial charge in [0.05, 0.1) is 5.39 Å². The fourth-order valence-corrected chi connectivity index (χ4v) is 5.22. The van der Waals surface area contributed by atoms with Gasteiger partial charge in [0.2, 0.25) is 0 Å². The van der Waals surface area contributed by atoms with E-state index < -0.39 is 0 Å². The number of fused-ring (bicyclic) bond motifs is 3. The van der Waals surface area contributed by atoms with E-state index in [-0.39, 0.29) is 0 Å². The number of piperidine rings is 1. The monoisotopic (exact) mass is 334 g/mol. The Hall–Kier alpha value is -0.850. The highest BCUT2D eigenvalue weighted by Crippen LogP contribution is 2.40. The van der Waals surface area contributed by atoms with Crippen LogP contribution in [-0.2, 0) is 13.0 Å². The van der Waals surface area contributed by atoms with Gasteiger partial charge < -0.3 is 9.80 Å². The van der Waals surface area contributed by atoms with Gasteiger partial charge in [-0.05, 0) is 44.6 Å². The number of thioether (sulfide) groups is 1. The van der Waals surface area contributed by atoms with E-state index in [4.69, 9.17) is 9.97 Å². The highest BCUT2D eigenvalue weighted by molar-refractivity contribution is 7.98. The van der Waals surface area contributed by atoms with Gasteiger partial charge in [0.25, 0.3) is 0 Å². The molecule has 0 aliphatic carbocycles. The molecule has 6 heteroatoms. The minimum Gasteiger partial charge on any atom is -0.356 e. The molecule has 4 nitrogen and oxygen atoms in total. The van der Waals surface area contributed by atoms with E-state index in [1.165, 1.54) is 45.7 Å². The van der Waals surface area contributed by atoms with E-state index in [1.807, 2.05) is 11.3 Å². The molecule has 4 heterocycles. The summed E-state index contributed by atoms with van der Waals surface area (Å²) in [6.45, 7) is 4.49. The maximum absolute atomic E-state index is 4.91. The fourth-order valence-electron chi connectivity index (χ4n) is 3.51. The molecule has 2 aliphatic heterocycles. The molecule has 2 aromatic rings. The predicted octanol–water partition coefficient (Wildman–Crippen LogP) is 3.39. The number of anilines is 1. The van der Waals surface area contributed by atoms with Gasteiger partial charge in [-0.15, -0.1) is 11.3 Å². The minimum atomic E-state index is 0.917. The summed E-state index contributed by atoms with van der Waals surface area (Å²) in [5.74, 6) is 1.20. The van der Waals surface area contributed by atoms with Crippen LogP contribution in [0.4, 0.5) is 5.82 Å². The van der Waals surface area contributed by atoms with Crippen LogP contribution in [0.2, 0.25) is 0 Å². The van der Waals surface area contributed by atoms with Crippen LogP contribution in [0, 0.1) is 0 Å². The Morgan fingerprint density at radius 3 is 2.68 bits per heavy atom. The quantitative estimate of drug-likeness (QED) is 0.621. The van der Waals surface area contributed by atoms with Crippen molar-refractivity contribution in [2.24, 2.45) is 0 Å². The maximum atomic E-state index is 4.91. The third-order valence-corrected chi connectivity index (χ3v) is 6.35. The van der Waals surface area contributed by atoms with Crippen molar-refractivity contribution in [3.63, 3.8) is 0 Å². The van der Waals surface area contributed by atoms with Crippen LogP contribution in [0.5, 0.6) is 0 Å². The van der Waals surface area contributed by atoms with E-state index in [0.717, 1.165) is 37.8 Å². The number of hydrogen-bond donors (Lipinski definition) is 0. The predicted molar refractivity (Wildman–Crippen MR) is 95.3 cm³/mol. The zero-order chi connectivity index (χ0) is 15.1. The molecule has 118 valence electrons. The Morgan fingerprint density at radius 2 is 1.91 bits per heavy atom. The van der Waals surface area contributed by atoms with Crippen LogP contribution in [0.1, 0.15) is 29.7 Å². The van der Waals surface area contributed by atoms with Gasteiger partial charge in [0.1, 0.15) is 10.6 Å². The number of aromatic nitrogens is 2. The molecule has 0 unspecified atom stereocenters. The number of rotatable bonds is 2. The SMILES string of the molecule is CSc1nc(N2CCCCC2)c2c3c(sc2n1)CN(C)CC3. The van der Waals surface area contributed by atoms with Gasteiger partial charge in [0.15, 0.2) is 5.16 Å². The summed E-state index contributed by atoms with van der Waals surface area (Å²) in [7, 11) is 2.21. The standard InChI is InChI=1S/C16H22N4S2/c1-19-9-6-11-12(10-19)22-15-13(11)14(17-16(18-15)21-2)20-7-4-3-5-8-20/h3-10H2,1-2H3. The van der Waals surface area contributed by atoms with Gasteiger partial charge in [0, 0.05) is 31.1 Å². The van der Waals surface area contributed by atoms with Gasteiger partial charge in [-0.1, -0.05) is 11.8 Å². The van der Waals surface area contributed by atoms with E-state index in [2.05, 4.69) is 23.1 Å². The van der Waals surface area contributed by atoms with Crippen molar-refractivity contribution in [3.05, 3.63) is 10.4 Å². The topological polar surface area (TPSA) is 32.3 Å². The van der Waals surface area contributed by atoms with Crippen molar-refractivity contribution in [1.82, 2.24) is 14.9 Å². The molecule has 0 radical (unpaired) electrons. The molecule has 0 saturated carbocycles. The summed E-state index contributed by atoms with van der Waals surface area (Å²) in [5.41, 5.74) is 1.52. The lowest BCUT2D eigenvalue weighted by molar-refractivity contribution is 0.318.